The number of nitrogens with one attached hydrogen (secondary N) is 1. The number of carbonyl (C=O) groups is 2. The Morgan fingerprint density at radius 3 is 2.61 bits per heavy atom. The summed E-state index contributed by atoms with van der Waals surface area (Å²) >= 11 is 0. The predicted octanol–water partition coefficient (Wildman–Crippen LogP) is 5.01. The molecule has 0 atom stereocenters. The van der Waals surface area contributed by atoms with Crippen molar-refractivity contribution in [2.75, 3.05) is 29.1 Å². The molecule has 4 aromatic rings. The van der Waals surface area contributed by atoms with Gasteiger partial charge >= 0.3 is 0 Å². The Morgan fingerprint density at radius 2 is 1.88 bits per heavy atom. The smallest absolute Gasteiger partial charge is 0.255 e. The van der Waals surface area contributed by atoms with Crippen molar-refractivity contribution < 1.29 is 18.7 Å². The van der Waals surface area contributed by atoms with Crippen molar-refractivity contribution in [2.24, 2.45) is 0 Å². The minimum absolute atomic E-state index is 0.248. The lowest BCUT2D eigenvalue weighted by molar-refractivity contribution is -0.107. The Hall–Kier alpha value is -4.26. The first-order valence-corrected chi connectivity index (χ1v) is 10.6. The van der Waals surface area contributed by atoms with Crippen LogP contribution in [0.1, 0.15) is 22.3 Å². The first-order chi connectivity index (χ1) is 16.0. The maximum Gasteiger partial charge on any atom is 0.255 e. The number of anilines is 3. The predicted molar refractivity (Wildman–Crippen MR) is 130 cm³/mol. The molecular weight excluding hydrogens is 418 g/mol. The van der Waals surface area contributed by atoms with Crippen molar-refractivity contribution in [3.05, 3.63) is 83.9 Å². The molecule has 0 radical (unpaired) electrons. The lowest BCUT2D eigenvalue weighted by Crippen LogP contribution is -2.23. The highest BCUT2D eigenvalue weighted by Gasteiger charge is 2.13. The highest BCUT2D eigenvalue weighted by molar-refractivity contribution is 6.05. The van der Waals surface area contributed by atoms with Crippen LogP contribution in [0.3, 0.4) is 0 Å². The molecular formula is C26H25N3O4. The summed E-state index contributed by atoms with van der Waals surface area (Å²) < 4.78 is 11.6. The zero-order chi connectivity index (χ0) is 23.2. The van der Waals surface area contributed by atoms with Crippen LogP contribution in [0.2, 0.25) is 0 Å². The maximum absolute atomic E-state index is 12.4. The molecule has 0 unspecified atom stereocenters. The average molecular weight is 444 g/mol. The first kappa shape index (κ1) is 22.0. The summed E-state index contributed by atoms with van der Waals surface area (Å²) in [5.74, 6) is 0.911. The summed E-state index contributed by atoms with van der Waals surface area (Å²) in [5.41, 5.74) is 9.30. The monoisotopic (exact) mass is 443 g/mol. The van der Waals surface area contributed by atoms with E-state index in [1.807, 2.05) is 43.3 Å². The van der Waals surface area contributed by atoms with Gasteiger partial charge in [0.15, 0.2) is 0 Å². The van der Waals surface area contributed by atoms with Crippen molar-refractivity contribution in [2.45, 2.75) is 13.3 Å². The number of fused-ring (bicyclic) bond motifs is 1. The van der Waals surface area contributed by atoms with E-state index in [1.165, 1.54) is 4.90 Å². The lowest BCUT2D eigenvalue weighted by Gasteiger charge is -2.14. The number of nitrogen functional groups attached to an aromatic ring is 1. The molecule has 2 amide bonds. The molecule has 0 aliphatic heterocycles. The number of hydrogen-bond donors (Lipinski definition) is 2. The second-order valence-corrected chi connectivity index (χ2v) is 7.64. The molecule has 0 spiro atoms. The van der Waals surface area contributed by atoms with Crippen LogP contribution < -0.4 is 20.7 Å². The molecule has 1 heterocycles. The second kappa shape index (κ2) is 9.91. The second-order valence-electron chi connectivity index (χ2n) is 7.64. The fourth-order valence-electron chi connectivity index (χ4n) is 3.48. The van der Waals surface area contributed by atoms with E-state index in [-0.39, 0.29) is 5.91 Å². The van der Waals surface area contributed by atoms with E-state index in [0.29, 0.717) is 48.1 Å². The highest BCUT2D eigenvalue weighted by atomic mass is 16.5. The van der Waals surface area contributed by atoms with E-state index < -0.39 is 0 Å². The maximum atomic E-state index is 12.4. The van der Waals surface area contributed by atoms with Gasteiger partial charge in [-0.3, -0.25) is 14.5 Å². The number of aryl methyl sites for hydroxylation is 1. The molecule has 7 nitrogen and oxygen atoms in total. The topological polar surface area (TPSA) is 97.8 Å². The molecule has 3 aromatic carbocycles. The SMILES string of the molecule is Cc1cccc2oc(N(C=O)CCCOc3ccc(C(=O)Nc4ccccc4N)cc3)cc12. The molecule has 33 heavy (non-hydrogen) atoms. The number of para-hydroxylation sites is 2. The van der Waals surface area contributed by atoms with Crippen molar-refractivity contribution >= 4 is 40.5 Å². The minimum Gasteiger partial charge on any atom is -0.494 e. The Morgan fingerprint density at radius 1 is 1.09 bits per heavy atom. The number of carbonyl (C=O) groups excluding carboxylic acids is 2. The summed E-state index contributed by atoms with van der Waals surface area (Å²) in [6, 6.07) is 21.7. The third kappa shape index (κ3) is 5.15. The highest BCUT2D eigenvalue weighted by Crippen LogP contribution is 2.28. The van der Waals surface area contributed by atoms with Crippen LogP contribution in [0.4, 0.5) is 17.3 Å². The van der Waals surface area contributed by atoms with Crippen LogP contribution in [0.25, 0.3) is 11.0 Å². The number of benzene rings is 3. The summed E-state index contributed by atoms with van der Waals surface area (Å²) in [6.07, 6.45) is 1.38. The average Bonchev–Trinajstić information content (AvgIpc) is 3.26. The number of nitrogens with zero attached hydrogens (tertiary/aromatic N) is 1. The van der Waals surface area contributed by atoms with Gasteiger partial charge in [0.25, 0.3) is 5.91 Å². The number of hydrogen-bond acceptors (Lipinski definition) is 5. The minimum atomic E-state index is -0.248. The van der Waals surface area contributed by atoms with Crippen LogP contribution in [0.15, 0.2) is 77.2 Å². The molecule has 0 aliphatic carbocycles. The summed E-state index contributed by atoms with van der Waals surface area (Å²) in [6.45, 7) is 2.88. The third-order valence-corrected chi connectivity index (χ3v) is 5.31. The van der Waals surface area contributed by atoms with Crippen molar-refractivity contribution in [3.63, 3.8) is 0 Å². The molecule has 0 saturated carbocycles. The van der Waals surface area contributed by atoms with E-state index in [4.69, 9.17) is 14.9 Å². The first-order valence-electron chi connectivity index (χ1n) is 10.6. The van der Waals surface area contributed by atoms with Crippen LogP contribution in [-0.2, 0) is 4.79 Å². The van der Waals surface area contributed by atoms with Gasteiger partial charge in [0.2, 0.25) is 12.3 Å². The van der Waals surface area contributed by atoms with Gasteiger partial charge in [-0.2, -0.15) is 0 Å². The number of ether oxygens (including phenoxy) is 1. The molecule has 168 valence electrons. The number of nitrogens with two attached hydrogens (primary N) is 1. The fraction of sp³-hybridized carbons (Fsp3) is 0.154. The van der Waals surface area contributed by atoms with Crippen LogP contribution in [0.5, 0.6) is 5.75 Å². The normalized spacial score (nSPS) is 10.7. The van der Waals surface area contributed by atoms with Gasteiger partial charge in [-0.05, 0) is 61.4 Å². The largest absolute Gasteiger partial charge is 0.494 e. The summed E-state index contributed by atoms with van der Waals surface area (Å²) in [5, 5.41) is 3.79. The van der Waals surface area contributed by atoms with Crippen LogP contribution in [-0.4, -0.2) is 25.5 Å². The zero-order valence-electron chi connectivity index (χ0n) is 18.3. The molecule has 0 saturated heterocycles. The van der Waals surface area contributed by atoms with Gasteiger partial charge in [0, 0.05) is 23.6 Å². The molecule has 1 aromatic heterocycles. The lowest BCUT2D eigenvalue weighted by atomic mass is 10.1. The van der Waals surface area contributed by atoms with Gasteiger partial charge < -0.3 is 20.2 Å². The van der Waals surface area contributed by atoms with E-state index >= 15 is 0 Å². The molecule has 0 bridgehead atoms. The van der Waals surface area contributed by atoms with Crippen LogP contribution >= 0.6 is 0 Å². The third-order valence-electron chi connectivity index (χ3n) is 5.31. The van der Waals surface area contributed by atoms with E-state index in [1.54, 1.807) is 36.4 Å². The Bertz CT molecular complexity index is 1260. The van der Waals surface area contributed by atoms with E-state index in [9.17, 15) is 9.59 Å². The van der Waals surface area contributed by atoms with Crippen molar-refractivity contribution in [1.29, 1.82) is 0 Å². The molecule has 0 fully saturated rings. The molecule has 7 heteroatoms. The number of furan rings is 1. The van der Waals surface area contributed by atoms with Gasteiger partial charge in [-0.15, -0.1) is 0 Å². The Labute approximate surface area is 191 Å². The zero-order valence-corrected chi connectivity index (χ0v) is 18.3. The van der Waals surface area contributed by atoms with E-state index in [2.05, 4.69) is 5.32 Å². The Kier molecular flexibility index (Phi) is 6.59. The van der Waals surface area contributed by atoms with Crippen molar-refractivity contribution in [3.8, 4) is 5.75 Å². The Balaban J connectivity index is 1.28. The molecule has 0 aliphatic rings. The standard InChI is InChI=1S/C26H25N3O4/c1-18-6-4-9-24-21(18)16-25(33-24)29(17-30)14-5-15-32-20-12-10-19(11-13-20)26(31)28-23-8-3-2-7-22(23)27/h2-4,6-13,16-17H,5,14-15,27H2,1H3,(H,28,31). The number of amides is 2. The summed E-state index contributed by atoms with van der Waals surface area (Å²) in [4.78, 5) is 25.5. The quantitative estimate of drug-likeness (QED) is 0.215. The van der Waals surface area contributed by atoms with Gasteiger partial charge in [0.05, 0.1) is 18.0 Å². The number of rotatable bonds is 9. The van der Waals surface area contributed by atoms with Gasteiger partial charge in [0.1, 0.15) is 11.3 Å². The summed E-state index contributed by atoms with van der Waals surface area (Å²) in [7, 11) is 0. The van der Waals surface area contributed by atoms with E-state index in [0.717, 1.165) is 22.9 Å². The fourth-order valence-corrected chi connectivity index (χ4v) is 3.48. The molecule has 4 rings (SSSR count). The van der Waals surface area contributed by atoms with Gasteiger partial charge in [-0.1, -0.05) is 24.3 Å². The molecule has 3 N–H and O–H groups in total. The van der Waals surface area contributed by atoms with Crippen LogP contribution in [0, 0.1) is 6.92 Å². The van der Waals surface area contributed by atoms with Crippen molar-refractivity contribution in [1.82, 2.24) is 0 Å². The van der Waals surface area contributed by atoms with Gasteiger partial charge in [-0.25, -0.2) is 0 Å².